The molecule has 0 spiro atoms. The molecule has 2 aliphatic heterocycles. The van der Waals surface area contributed by atoms with E-state index in [1.807, 2.05) is 0 Å². The number of carbonyl (C=O) groups is 2. The van der Waals surface area contributed by atoms with Gasteiger partial charge in [-0.05, 0) is 37.5 Å². The zero-order valence-corrected chi connectivity index (χ0v) is 11.2. The maximum atomic E-state index is 12.4. The predicted molar refractivity (Wildman–Crippen MR) is 72.2 cm³/mol. The lowest BCUT2D eigenvalue weighted by atomic mass is 9.98. The molecule has 0 saturated carbocycles. The molecule has 1 N–H and O–H groups in total. The monoisotopic (exact) mass is 275 g/mol. The van der Waals surface area contributed by atoms with E-state index >= 15 is 0 Å². The molecule has 20 heavy (non-hydrogen) atoms. The minimum absolute atomic E-state index is 0.0513. The number of Topliss-reactive ketones (excluding diaryl/α,β-unsaturated/α-hetero) is 1. The fraction of sp³-hybridized carbons (Fsp3) is 0.467. The van der Waals surface area contributed by atoms with Crippen molar-refractivity contribution in [3.8, 4) is 5.75 Å². The van der Waals surface area contributed by atoms with Crippen molar-refractivity contribution in [1.82, 2.24) is 5.32 Å². The molecule has 0 bridgehead atoms. The van der Waals surface area contributed by atoms with Crippen LogP contribution in [-0.4, -0.2) is 37.6 Å². The van der Waals surface area contributed by atoms with Crippen LogP contribution < -0.4 is 10.1 Å². The Balaban J connectivity index is 1.87. The standard InChI is InChI=1S/C15H17NO4/c17-14(13-3-1-2-7-19-13)10-4-5-12-11(9-10)15(18)16-6-8-20-12/h4-5,9,13H,1-3,6-8H2,(H,16,18). The summed E-state index contributed by atoms with van der Waals surface area (Å²) in [4.78, 5) is 24.3. The fourth-order valence-corrected chi connectivity index (χ4v) is 2.54. The highest BCUT2D eigenvalue weighted by atomic mass is 16.5. The number of carbonyl (C=O) groups excluding carboxylic acids is 2. The van der Waals surface area contributed by atoms with Crippen LogP contribution in [0.15, 0.2) is 18.2 Å². The van der Waals surface area contributed by atoms with Crippen LogP contribution in [0.25, 0.3) is 0 Å². The van der Waals surface area contributed by atoms with E-state index in [4.69, 9.17) is 9.47 Å². The van der Waals surface area contributed by atoms with Gasteiger partial charge in [-0.2, -0.15) is 0 Å². The molecule has 1 atom stereocenters. The Morgan fingerprint density at radius 2 is 2.15 bits per heavy atom. The van der Waals surface area contributed by atoms with Crippen molar-refractivity contribution in [3.05, 3.63) is 29.3 Å². The first-order valence-corrected chi connectivity index (χ1v) is 6.96. The van der Waals surface area contributed by atoms with Crippen molar-refractivity contribution in [2.75, 3.05) is 19.8 Å². The number of ether oxygens (including phenoxy) is 2. The van der Waals surface area contributed by atoms with E-state index in [0.717, 1.165) is 19.3 Å². The van der Waals surface area contributed by atoms with Crippen LogP contribution in [0.2, 0.25) is 0 Å². The lowest BCUT2D eigenvalue weighted by Gasteiger charge is -2.21. The molecule has 1 aromatic carbocycles. The molecular formula is C15H17NO4. The summed E-state index contributed by atoms with van der Waals surface area (Å²) in [5, 5.41) is 2.74. The van der Waals surface area contributed by atoms with E-state index in [9.17, 15) is 9.59 Å². The van der Waals surface area contributed by atoms with Crippen molar-refractivity contribution in [2.24, 2.45) is 0 Å². The van der Waals surface area contributed by atoms with E-state index in [1.54, 1.807) is 18.2 Å². The van der Waals surface area contributed by atoms with Gasteiger partial charge in [-0.1, -0.05) is 0 Å². The summed E-state index contributed by atoms with van der Waals surface area (Å²) in [6.45, 7) is 1.55. The lowest BCUT2D eigenvalue weighted by molar-refractivity contribution is 0.0186. The summed E-state index contributed by atoms with van der Waals surface area (Å²) < 4.78 is 11.0. The van der Waals surface area contributed by atoms with Crippen molar-refractivity contribution < 1.29 is 19.1 Å². The first kappa shape index (κ1) is 13.1. The van der Waals surface area contributed by atoms with Crippen LogP contribution in [0, 0.1) is 0 Å². The summed E-state index contributed by atoms with van der Waals surface area (Å²) in [5.41, 5.74) is 0.931. The van der Waals surface area contributed by atoms with Crippen LogP contribution in [-0.2, 0) is 4.74 Å². The molecule has 2 heterocycles. The number of amides is 1. The van der Waals surface area contributed by atoms with Crippen LogP contribution in [0.1, 0.15) is 40.0 Å². The Morgan fingerprint density at radius 3 is 2.95 bits per heavy atom. The third-order valence-electron chi connectivity index (χ3n) is 3.63. The fourth-order valence-electron chi connectivity index (χ4n) is 2.54. The van der Waals surface area contributed by atoms with Crippen LogP contribution in [0.5, 0.6) is 5.75 Å². The molecule has 1 fully saturated rings. The number of ketones is 1. The van der Waals surface area contributed by atoms with Crippen molar-refractivity contribution in [3.63, 3.8) is 0 Å². The van der Waals surface area contributed by atoms with Gasteiger partial charge in [-0.15, -0.1) is 0 Å². The minimum atomic E-state index is -0.378. The van der Waals surface area contributed by atoms with Gasteiger partial charge in [0.2, 0.25) is 0 Å². The zero-order valence-electron chi connectivity index (χ0n) is 11.2. The zero-order chi connectivity index (χ0) is 13.9. The highest BCUT2D eigenvalue weighted by Gasteiger charge is 2.25. The minimum Gasteiger partial charge on any atom is -0.491 e. The predicted octanol–water partition coefficient (Wildman–Crippen LogP) is 1.56. The van der Waals surface area contributed by atoms with Gasteiger partial charge in [0.05, 0.1) is 12.1 Å². The van der Waals surface area contributed by atoms with Crippen LogP contribution in [0.4, 0.5) is 0 Å². The molecule has 2 aliphatic rings. The second-order valence-corrected chi connectivity index (χ2v) is 5.03. The molecule has 1 saturated heterocycles. The van der Waals surface area contributed by atoms with Gasteiger partial charge in [-0.3, -0.25) is 9.59 Å². The molecule has 3 rings (SSSR count). The first-order chi connectivity index (χ1) is 9.75. The smallest absolute Gasteiger partial charge is 0.255 e. The topological polar surface area (TPSA) is 64.6 Å². The van der Waals surface area contributed by atoms with Crippen molar-refractivity contribution >= 4 is 11.7 Å². The quantitative estimate of drug-likeness (QED) is 0.832. The molecule has 1 aromatic rings. The van der Waals surface area contributed by atoms with Gasteiger partial charge in [0.1, 0.15) is 18.5 Å². The molecule has 0 aromatic heterocycles. The number of nitrogens with one attached hydrogen (secondary N) is 1. The van der Waals surface area contributed by atoms with Crippen molar-refractivity contribution in [1.29, 1.82) is 0 Å². The second-order valence-electron chi connectivity index (χ2n) is 5.03. The van der Waals surface area contributed by atoms with Gasteiger partial charge in [0.25, 0.3) is 5.91 Å². The summed E-state index contributed by atoms with van der Waals surface area (Å²) in [7, 11) is 0. The molecule has 1 amide bonds. The summed E-state index contributed by atoms with van der Waals surface area (Å²) in [5.74, 6) is 0.280. The summed E-state index contributed by atoms with van der Waals surface area (Å²) in [6, 6.07) is 5.00. The van der Waals surface area contributed by atoms with Crippen LogP contribution in [0.3, 0.4) is 0 Å². The number of fused-ring (bicyclic) bond motifs is 1. The Labute approximate surface area is 117 Å². The van der Waals surface area contributed by atoms with Gasteiger partial charge in [0, 0.05) is 12.2 Å². The number of hydrogen-bond acceptors (Lipinski definition) is 4. The SMILES string of the molecule is O=C1NCCOc2ccc(C(=O)C3CCCCO3)cc21. The van der Waals surface area contributed by atoms with Crippen molar-refractivity contribution in [2.45, 2.75) is 25.4 Å². The summed E-state index contributed by atoms with van der Waals surface area (Å²) >= 11 is 0. The van der Waals surface area contributed by atoms with E-state index in [-0.39, 0.29) is 17.8 Å². The Bertz CT molecular complexity index is 535. The van der Waals surface area contributed by atoms with Gasteiger partial charge < -0.3 is 14.8 Å². The van der Waals surface area contributed by atoms with E-state index in [2.05, 4.69) is 5.32 Å². The van der Waals surface area contributed by atoms with E-state index in [1.165, 1.54) is 0 Å². The molecule has 0 aliphatic carbocycles. The van der Waals surface area contributed by atoms with Gasteiger partial charge in [0.15, 0.2) is 5.78 Å². The first-order valence-electron chi connectivity index (χ1n) is 6.96. The maximum absolute atomic E-state index is 12.4. The Morgan fingerprint density at radius 1 is 1.25 bits per heavy atom. The molecule has 5 heteroatoms. The highest BCUT2D eigenvalue weighted by Crippen LogP contribution is 2.24. The molecular weight excluding hydrogens is 258 g/mol. The van der Waals surface area contributed by atoms with Gasteiger partial charge >= 0.3 is 0 Å². The van der Waals surface area contributed by atoms with Gasteiger partial charge in [-0.25, -0.2) is 0 Å². The second kappa shape index (κ2) is 5.63. The van der Waals surface area contributed by atoms with E-state index in [0.29, 0.717) is 36.6 Å². The maximum Gasteiger partial charge on any atom is 0.255 e. The lowest BCUT2D eigenvalue weighted by Crippen LogP contribution is -2.28. The van der Waals surface area contributed by atoms with Crippen LogP contribution >= 0.6 is 0 Å². The summed E-state index contributed by atoms with van der Waals surface area (Å²) in [6.07, 6.45) is 2.38. The largest absolute Gasteiger partial charge is 0.491 e. The van der Waals surface area contributed by atoms with E-state index < -0.39 is 0 Å². The third kappa shape index (κ3) is 2.54. The molecule has 106 valence electrons. The Hall–Kier alpha value is -1.88. The molecule has 5 nitrogen and oxygen atoms in total. The normalized spacial score (nSPS) is 22.2. The molecule has 0 radical (unpaired) electrons. The Kier molecular flexibility index (Phi) is 3.69. The highest BCUT2D eigenvalue weighted by molar-refractivity contribution is 6.04. The molecule has 1 unspecified atom stereocenters. The third-order valence-corrected chi connectivity index (χ3v) is 3.63. The average molecular weight is 275 g/mol. The average Bonchev–Trinajstić information content (AvgIpc) is 2.69. The number of benzene rings is 1. The number of rotatable bonds is 2. The number of hydrogen-bond donors (Lipinski definition) is 1.